The third-order valence-electron chi connectivity index (χ3n) is 5.77. The Kier molecular flexibility index (Phi) is 9.89. The molecule has 1 aromatic carbocycles. The second kappa shape index (κ2) is 12.4. The molecular weight excluding hydrogens is 414 g/mol. The van der Waals surface area contributed by atoms with E-state index in [-0.39, 0.29) is 11.8 Å². The second-order valence-corrected chi connectivity index (χ2v) is 9.55. The first-order valence-corrected chi connectivity index (χ1v) is 11.9. The summed E-state index contributed by atoms with van der Waals surface area (Å²) in [6, 6.07) is 13.8. The molecule has 6 nitrogen and oxygen atoms in total. The number of hydrogen-bond donors (Lipinski definition) is 2. The van der Waals surface area contributed by atoms with E-state index in [1.165, 1.54) is 5.56 Å². The number of benzene rings is 1. The van der Waals surface area contributed by atoms with Crippen LogP contribution >= 0.6 is 0 Å². The third-order valence-corrected chi connectivity index (χ3v) is 5.77. The minimum absolute atomic E-state index is 0.173. The number of pyridine rings is 1. The van der Waals surface area contributed by atoms with Crippen LogP contribution < -0.4 is 10.6 Å². The van der Waals surface area contributed by atoms with Gasteiger partial charge in [-0.15, -0.1) is 0 Å². The molecular formula is C27H39N3O3. The molecule has 0 aliphatic heterocycles. The molecule has 2 N–H and O–H groups in total. The molecule has 2 aromatic rings. The minimum Gasteiger partial charge on any atom is -0.444 e. The molecule has 0 spiro atoms. The van der Waals surface area contributed by atoms with Gasteiger partial charge in [0.25, 0.3) is 0 Å². The van der Waals surface area contributed by atoms with Crippen molar-refractivity contribution in [2.45, 2.75) is 83.8 Å². The zero-order valence-electron chi connectivity index (χ0n) is 20.7. The molecule has 6 heteroatoms. The lowest BCUT2D eigenvalue weighted by molar-refractivity contribution is -0.129. The van der Waals surface area contributed by atoms with Crippen molar-refractivity contribution in [3.05, 3.63) is 66.0 Å². The van der Waals surface area contributed by atoms with Crippen LogP contribution in [0.25, 0.3) is 0 Å². The number of nitrogens with one attached hydrogen (secondary N) is 2. The lowest BCUT2D eigenvalue weighted by Crippen LogP contribution is -2.62. The van der Waals surface area contributed by atoms with E-state index in [4.69, 9.17) is 4.74 Å². The standard InChI is InChI=1S/C27H39N3O3/c1-6-7-17-27(30-25(32)33-26(3,4)5,21(2)23-13-9-8-10-14-23)24(31)29-18-11-12-22-15-19-28-20-16-22/h8-10,13-16,19-21H,6-7,11-12,17-18H2,1-5H3,(H,29,31)(H,30,32). The van der Waals surface area contributed by atoms with Crippen LogP contribution in [0.1, 0.15) is 77.3 Å². The fourth-order valence-corrected chi connectivity index (χ4v) is 3.92. The highest BCUT2D eigenvalue weighted by atomic mass is 16.6. The van der Waals surface area contributed by atoms with Crippen molar-refractivity contribution in [2.75, 3.05) is 6.54 Å². The zero-order valence-corrected chi connectivity index (χ0v) is 20.7. The van der Waals surface area contributed by atoms with Gasteiger partial charge in [-0.1, -0.05) is 57.0 Å². The number of alkyl carbamates (subject to hydrolysis) is 1. The normalized spacial score (nSPS) is 14.1. The maximum absolute atomic E-state index is 13.7. The number of rotatable bonds is 11. The Morgan fingerprint density at radius 2 is 1.70 bits per heavy atom. The van der Waals surface area contributed by atoms with Crippen LogP contribution in [-0.4, -0.2) is 34.7 Å². The van der Waals surface area contributed by atoms with Gasteiger partial charge in [0.05, 0.1) is 0 Å². The van der Waals surface area contributed by atoms with Crippen molar-refractivity contribution in [3.8, 4) is 0 Å². The van der Waals surface area contributed by atoms with E-state index >= 15 is 0 Å². The molecule has 1 heterocycles. The molecule has 0 saturated heterocycles. The van der Waals surface area contributed by atoms with Gasteiger partial charge in [0.1, 0.15) is 11.1 Å². The predicted octanol–water partition coefficient (Wildman–Crippen LogP) is 5.39. The van der Waals surface area contributed by atoms with E-state index < -0.39 is 17.2 Å². The molecule has 33 heavy (non-hydrogen) atoms. The Bertz CT molecular complexity index is 865. The smallest absolute Gasteiger partial charge is 0.408 e. The van der Waals surface area contributed by atoms with Crippen molar-refractivity contribution in [1.29, 1.82) is 0 Å². The van der Waals surface area contributed by atoms with Crippen molar-refractivity contribution in [3.63, 3.8) is 0 Å². The van der Waals surface area contributed by atoms with Gasteiger partial charge in [-0.05, 0) is 63.3 Å². The van der Waals surface area contributed by atoms with Crippen LogP contribution in [0.4, 0.5) is 4.79 Å². The van der Waals surface area contributed by atoms with Gasteiger partial charge >= 0.3 is 6.09 Å². The maximum atomic E-state index is 13.7. The topological polar surface area (TPSA) is 80.3 Å². The highest BCUT2D eigenvalue weighted by Crippen LogP contribution is 2.33. The Labute approximate surface area is 198 Å². The van der Waals surface area contributed by atoms with Gasteiger partial charge in [-0.2, -0.15) is 0 Å². The van der Waals surface area contributed by atoms with Crippen LogP contribution in [0.15, 0.2) is 54.9 Å². The number of hydrogen-bond acceptors (Lipinski definition) is 4. The Morgan fingerprint density at radius 1 is 1.03 bits per heavy atom. The number of carbonyl (C=O) groups is 2. The molecule has 2 atom stereocenters. The molecule has 0 radical (unpaired) electrons. The zero-order chi connectivity index (χ0) is 24.3. The summed E-state index contributed by atoms with van der Waals surface area (Å²) in [7, 11) is 0. The summed E-state index contributed by atoms with van der Waals surface area (Å²) in [6.07, 6.45) is 6.85. The van der Waals surface area contributed by atoms with E-state index in [0.717, 1.165) is 31.2 Å². The molecule has 1 aromatic heterocycles. The largest absolute Gasteiger partial charge is 0.444 e. The average molecular weight is 454 g/mol. The number of aryl methyl sites for hydroxylation is 1. The van der Waals surface area contributed by atoms with Gasteiger partial charge in [-0.3, -0.25) is 9.78 Å². The second-order valence-electron chi connectivity index (χ2n) is 9.55. The highest BCUT2D eigenvalue weighted by Gasteiger charge is 2.45. The quantitative estimate of drug-likeness (QED) is 0.447. The first-order valence-electron chi connectivity index (χ1n) is 11.9. The van der Waals surface area contributed by atoms with E-state index in [1.807, 2.05) is 70.2 Å². The maximum Gasteiger partial charge on any atom is 0.408 e. The summed E-state index contributed by atoms with van der Waals surface area (Å²) in [6.45, 7) is 10.1. The van der Waals surface area contributed by atoms with E-state index in [2.05, 4.69) is 22.5 Å². The van der Waals surface area contributed by atoms with Gasteiger partial charge < -0.3 is 15.4 Å². The summed E-state index contributed by atoms with van der Waals surface area (Å²) >= 11 is 0. The summed E-state index contributed by atoms with van der Waals surface area (Å²) in [5.74, 6) is -0.411. The Hall–Kier alpha value is -2.89. The molecule has 2 unspecified atom stereocenters. The SMILES string of the molecule is CCCCC(NC(=O)OC(C)(C)C)(C(=O)NCCCc1ccncc1)C(C)c1ccccc1. The number of amides is 2. The summed E-state index contributed by atoms with van der Waals surface area (Å²) in [5, 5.41) is 6.09. The Morgan fingerprint density at radius 3 is 2.30 bits per heavy atom. The number of aromatic nitrogens is 1. The van der Waals surface area contributed by atoms with Crippen LogP contribution in [0, 0.1) is 0 Å². The van der Waals surface area contributed by atoms with Gasteiger partial charge in [0, 0.05) is 24.9 Å². The molecule has 0 aliphatic rings. The molecule has 2 amide bonds. The molecule has 180 valence electrons. The first kappa shape index (κ1) is 26.4. The molecule has 0 aliphatic carbocycles. The van der Waals surface area contributed by atoms with E-state index in [0.29, 0.717) is 13.0 Å². The fraction of sp³-hybridized carbons (Fsp3) is 0.519. The van der Waals surface area contributed by atoms with Crippen LogP contribution in [-0.2, 0) is 16.0 Å². The van der Waals surface area contributed by atoms with Crippen LogP contribution in [0.2, 0.25) is 0 Å². The number of carbonyl (C=O) groups excluding carboxylic acids is 2. The molecule has 2 rings (SSSR count). The summed E-state index contributed by atoms with van der Waals surface area (Å²) in [5.41, 5.74) is 0.408. The fourth-order valence-electron chi connectivity index (χ4n) is 3.92. The molecule has 0 fully saturated rings. The van der Waals surface area contributed by atoms with E-state index in [9.17, 15) is 9.59 Å². The molecule has 0 saturated carbocycles. The Balaban J connectivity index is 2.24. The number of nitrogens with zero attached hydrogens (tertiary/aromatic N) is 1. The monoisotopic (exact) mass is 453 g/mol. The lowest BCUT2D eigenvalue weighted by atomic mass is 9.76. The van der Waals surface area contributed by atoms with E-state index in [1.54, 1.807) is 12.4 Å². The minimum atomic E-state index is -1.11. The van der Waals surface area contributed by atoms with Gasteiger partial charge in [0.2, 0.25) is 5.91 Å². The summed E-state index contributed by atoms with van der Waals surface area (Å²) < 4.78 is 5.56. The van der Waals surface area contributed by atoms with Crippen molar-refractivity contribution >= 4 is 12.0 Å². The van der Waals surface area contributed by atoms with Gasteiger partial charge in [0.15, 0.2) is 0 Å². The van der Waals surface area contributed by atoms with Crippen molar-refractivity contribution in [1.82, 2.24) is 15.6 Å². The highest BCUT2D eigenvalue weighted by molar-refractivity contribution is 5.91. The number of unbranched alkanes of at least 4 members (excludes halogenated alkanes) is 1. The lowest BCUT2D eigenvalue weighted by Gasteiger charge is -2.39. The summed E-state index contributed by atoms with van der Waals surface area (Å²) in [4.78, 5) is 30.6. The van der Waals surface area contributed by atoms with Gasteiger partial charge in [-0.25, -0.2) is 4.79 Å². The van der Waals surface area contributed by atoms with Crippen molar-refractivity contribution < 1.29 is 14.3 Å². The third kappa shape index (κ3) is 8.19. The molecule has 0 bridgehead atoms. The van der Waals surface area contributed by atoms with Crippen molar-refractivity contribution in [2.24, 2.45) is 0 Å². The first-order chi connectivity index (χ1) is 15.7. The number of ether oxygens (including phenoxy) is 1. The predicted molar refractivity (Wildman–Crippen MR) is 132 cm³/mol. The average Bonchev–Trinajstić information content (AvgIpc) is 2.79. The van der Waals surface area contributed by atoms with Crippen LogP contribution in [0.5, 0.6) is 0 Å². The van der Waals surface area contributed by atoms with Crippen LogP contribution in [0.3, 0.4) is 0 Å².